The SMILES string of the molecule is CCOC(=O)C(CP=O)(OCC)C(CSc1ccccc1)C(C)C. The lowest BCUT2D eigenvalue weighted by Gasteiger charge is -2.38. The van der Waals surface area contributed by atoms with E-state index in [0.717, 1.165) is 4.90 Å². The van der Waals surface area contributed by atoms with Crippen molar-refractivity contribution in [3.8, 4) is 0 Å². The fourth-order valence-electron chi connectivity index (χ4n) is 2.72. The van der Waals surface area contributed by atoms with Gasteiger partial charge in [-0.15, -0.1) is 11.8 Å². The number of benzene rings is 1. The molecule has 1 aromatic carbocycles. The van der Waals surface area contributed by atoms with Gasteiger partial charge in [0.1, 0.15) is 0 Å². The van der Waals surface area contributed by atoms with Gasteiger partial charge in [0.15, 0.2) is 14.1 Å². The van der Waals surface area contributed by atoms with Crippen LogP contribution >= 0.6 is 20.2 Å². The fourth-order valence-corrected chi connectivity index (χ4v) is 4.74. The maximum atomic E-state index is 12.7. The zero-order valence-electron chi connectivity index (χ0n) is 14.9. The van der Waals surface area contributed by atoms with Gasteiger partial charge in [-0.2, -0.15) is 0 Å². The Balaban J connectivity index is 3.10. The van der Waals surface area contributed by atoms with Gasteiger partial charge in [0.2, 0.25) is 0 Å². The molecule has 134 valence electrons. The second-order valence-corrected chi connectivity index (χ2v) is 7.47. The van der Waals surface area contributed by atoms with Gasteiger partial charge in [-0.3, -0.25) is 4.57 Å². The number of ether oxygens (including phenoxy) is 2. The number of carbonyl (C=O) groups is 1. The molecule has 0 heterocycles. The Hall–Kier alpha value is -0.900. The van der Waals surface area contributed by atoms with Crippen molar-refractivity contribution >= 4 is 26.2 Å². The van der Waals surface area contributed by atoms with E-state index in [1.54, 1.807) is 18.7 Å². The molecule has 1 rings (SSSR count). The molecule has 0 aliphatic rings. The zero-order chi connectivity index (χ0) is 18.0. The molecule has 1 aromatic rings. The molecule has 0 aliphatic heterocycles. The lowest BCUT2D eigenvalue weighted by Crippen LogP contribution is -2.54. The van der Waals surface area contributed by atoms with E-state index in [1.807, 2.05) is 37.3 Å². The quantitative estimate of drug-likeness (QED) is 0.322. The third-order valence-electron chi connectivity index (χ3n) is 3.90. The molecule has 0 N–H and O–H groups in total. The first-order chi connectivity index (χ1) is 11.5. The van der Waals surface area contributed by atoms with E-state index >= 15 is 0 Å². The molecule has 0 aliphatic carbocycles. The second kappa shape index (κ2) is 10.9. The van der Waals surface area contributed by atoms with Crippen LogP contribution in [0.4, 0.5) is 0 Å². The van der Waals surface area contributed by atoms with Crippen molar-refractivity contribution in [3.63, 3.8) is 0 Å². The van der Waals surface area contributed by atoms with Crippen LogP contribution in [0.1, 0.15) is 27.7 Å². The zero-order valence-corrected chi connectivity index (χ0v) is 16.6. The molecule has 0 fully saturated rings. The second-order valence-electron chi connectivity index (χ2n) is 5.80. The van der Waals surface area contributed by atoms with E-state index in [-0.39, 0.29) is 33.1 Å². The molecule has 0 saturated carbocycles. The first-order valence-electron chi connectivity index (χ1n) is 8.29. The third kappa shape index (κ3) is 5.58. The summed E-state index contributed by atoms with van der Waals surface area (Å²) in [5.41, 5.74) is -1.18. The van der Waals surface area contributed by atoms with E-state index in [1.165, 1.54) is 0 Å². The smallest absolute Gasteiger partial charge is 0.339 e. The van der Waals surface area contributed by atoms with Crippen molar-refractivity contribution in [2.75, 3.05) is 25.1 Å². The van der Waals surface area contributed by atoms with Crippen molar-refractivity contribution in [1.82, 2.24) is 0 Å². The highest BCUT2D eigenvalue weighted by molar-refractivity contribution is 7.99. The van der Waals surface area contributed by atoms with Crippen LogP contribution in [-0.4, -0.2) is 36.7 Å². The van der Waals surface area contributed by atoms with Crippen LogP contribution in [0.3, 0.4) is 0 Å². The highest BCUT2D eigenvalue weighted by Crippen LogP contribution is 2.37. The van der Waals surface area contributed by atoms with Crippen molar-refractivity contribution in [3.05, 3.63) is 30.3 Å². The minimum Gasteiger partial charge on any atom is -0.464 e. The summed E-state index contributed by atoms with van der Waals surface area (Å²) in [6.45, 7) is 8.38. The number of carbonyl (C=O) groups excluding carboxylic acids is 1. The van der Waals surface area contributed by atoms with Crippen LogP contribution < -0.4 is 0 Å². The Labute approximate surface area is 150 Å². The highest BCUT2D eigenvalue weighted by Gasteiger charge is 2.49. The molecule has 2 atom stereocenters. The molecule has 0 radical (unpaired) electrons. The number of hydrogen-bond donors (Lipinski definition) is 0. The number of thioether (sulfide) groups is 1. The molecule has 0 spiro atoms. The maximum absolute atomic E-state index is 12.7. The number of hydrogen-bond acceptors (Lipinski definition) is 5. The van der Waals surface area contributed by atoms with Crippen molar-refractivity contribution in [2.45, 2.75) is 38.2 Å². The Bertz CT molecular complexity index is 509. The Morgan fingerprint density at radius 1 is 1.21 bits per heavy atom. The first kappa shape index (κ1) is 21.1. The number of rotatable bonds is 11. The predicted octanol–water partition coefficient (Wildman–Crippen LogP) is 4.68. The molecule has 6 heteroatoms. The monoisotopic (exact) mass is 370 g/mol. The highest BCUT2D eigenvalue weighted by atomic mass is 32.2. The van der Waals surface area contributed by atoms with Crippen LogP contribution in [0.15, 0.2) is 35.2 Å². The first-order valence-corrected chi connectivity index (χ1v) is 10.3. The van der Waals surface area contributed by atoms with E-state index in [0.29, 0.717) is 12.4 Å². The van der Waals surface area contributed by atoms with Gasteiger partial charge >= 0.3 is 5.97 Å². The summed E-state index contributed by atoms with van der Waals surface area (Å²) < 4.78 is 22.6. The van der Waals surface area contributed by atoms with Crippen molar-refractivity contribution in [2.24, 2.45) is 11.8 Å². The summed E-state index contributed by atoms with van der Waals surface area (Å²) >= 11 is 1.68. The van der Waals surface area contributed by atoms with E-state index in [4.69, 9.17) is 9.47 Å². The molecule has 0 saturated heterocycles. The van der Waals surface area contributed by atoms with Gasteiger partial charge < -0.3 is 9.47 Å². The van der Waals surface area contributed by atoms with Gasteiger partial charge in [0.25, 0.3) is 0 Å². The molecule has 0 aromatic heterocycles. The van der Waals surface area contributed by atoms with Crippen LogP contribution in [0.25, 0.3) is 0 Å². The van der Waals surface area contributed by atoms with Gasteiger partial charge in [0, 0.05) is 23.2 Å². The predicted molar refractivity (Wildman–Crippen MR) is 99.0 cm³/mol. The summed E-state index contributed by atoms with van der Waals surface area (Å²) in [5, 5.41) is 0. The minimum absolute atomic E-state index is 0.108. The van der Waals surface area contributed by atoms with Gasteiger partial charge in [-0.1, -0.05) is 32.0 Å². The Morgan fingerprint density at radius 3 is 2.38 bits per heavy atom. The summed E-state index contributed by atoms with van der Waals surface area (Å²) in [6, 6.07) is 10.0. The van der Waals surface area contributed by atoms with Gasteiger partial charge in [-0.25, -0.2) is 4.79 Å². The average molecular weight is 370 g/mol. The molecule has 4 nitrogen and oxygen atoms in total. The van der Waals surface area contributed by atoms with E-state index < -0.39 is 11.6 Å². The van der Waals surface area contributed by atoms with E-state index in [9.17, 15) is 9.36 Å². The summed E-state index contributed by atoms with van der Waals surface area (Å²) in [6.07, 6.45) is 0.109. The van der Waals surface area contributed by atoms with Crippen LogP contribution in [0.5, 0.6) is 0 Å². The summed E-state index contributed by atoms with van der Waals surface area (Å²) in [4.78, 5) is 13.8. The summed E-state index contributed by atoms with van der Waals surface area (Å²) in [5.74, 6) is 0.348. The minimum atomic E-state index is -1.18. The lowest BCUT2D eigenvalue weighted by atomic mass is 9.81. The van der Waals surface area contributed by atoms with Crippen molar-refractivity contribution in [1.29, 1.82) is 0 Å². The van der Waals surface area contributed by atoms with Crippen LogP contribution in [0.2, 0.25) is 0 Å². The van der Waals surface area contributed by atoms with E-state index in [2.05, 4.69) is 13.8 Å². The third-order valence-corrected chi connectivity index (χ3v) is 5.63. The summed E-state index contributed by atoms with van der Waals surface area (Å²) in [7, 11) is -0.114. The standard InChI is InChI=1S/C18H27O4PS/c1-5-21-17(19)18(13-23-20,22-6-2)16(14(3)4)12-24-15-10-8-7-9-11-15/h7-11,14,16H,5-6,12-13H2,1-4H3. The van der Waals surface area contributed by atoms with Gasteiger partial charge in [0.05, 0.1) is 12.8 Å². The molecule has 24 heavy (non-hydrogen) atoms. The molecule has 0 amide bonds. The number of esters is 1. The molecule has 0 bridgehead atoms. The largest absolute Gasteiger partial charge is 0.464 e. The fraction of sp³-hybridized carbons (Fsp3) is 0.611. The molecular weight excluding hydrogens is 343 g/mol. The Morgan fingerprint density at radius 2 is 1.88 bits per heavy atom. The van der Waals surface area contributed by atoms with Gasteiger partial charge in [-0.05, 0) is 31.9 Å². The van der Waals surface area contributed by atoms with Crippen LogP contribution in [0, 0.1) is 11.8 Å². The Kier molecular flexibility index (Phi) is 9.57. The average Bonchev–Trinajstić information content (AvgIpc) is 2.56. The maximum Gasteiger partial charge on any atom is 0.339 e. The molecular formula is C18H27O4PS. The van der Waals surface area contributed by atoms with Crippen LogP contribution in [-0.2, 0) is 18.8 Å². The molecule has 2 unspecified atom stereocenters. The topological polar surface area (TPSA) is 52.6 Å². The normalized spacial score (nSPS) is 15.2. The lowest BCUT2D eigenvalue weighted by molar-refractivity contribution is -0.177. The van der Waals surface area contributed by atoms with Crippen molar-refractivity contribution < 1.29 is 18.8 Å².